The second-order valence-electron chi connectivity index (χ2n) is 4.14. The monoisotopic (exact) mass is 319 g/mol. The minimum Gasteiger partial charge on any atom is -0.147 e. The first kappa shape index (κ1) is 18.0. The summed E-state index contributed by atoms with van der Waals surface area (Å²) in [6.45, 7) is 5.07. The van der Waals surface area contributed by atoms with Crippen LogP contribution in [0.5, 0.6) is 0 Å². The molecule has 1 aliphatic carbocycles. The van der Waals surface area contributed by atoms with Gasteiger partial charge >= 0.3 is 109 Å². The third-order valence-electron chi connectivity index (χ3n) is 3.23. The van der Waals surface area contributed by atoms with Gasteiger partial charge in [-0.15, -0.1) is 24.8 Å². The Hall–Kier alpha value is -0.0457. The Balaban J connectivity index is 0.00000144. The second kappa shape index (κ2) is 8.19. The van der Waals surface area contributed by atoms with Gasteiger partial charge in [0.1, 0.15) is 0 Å². The maximum atomic E-state index is 5.25. The molecule has 0 N–H and O–H groups in total. The molecule has 2 rings (SSSR count). The molecule has 0 spiro atoms. The van der Waals surface area contributed by atoms with E-state index in [1.807, 2.05) is 0 Å². The number of halogens is 2. The average molecular weight is 320 g/mol. The summed E-state index contributed by atoms with van der Waals surface area (Å²) >= 11 is 1.75. The largest absolute Gasteiger partial charge is 0.147 e. The van der Waals surface area contributed by atoms with Crippen molar-refractivity contribution in [3.63, 3.8) is 0 Å². The quantitative estimate of drug-likeness (QED) is 0.738. The molecule has 1 nitrogen and oxygen atoms in total. The third-order valence-corrected chi connectivity index (χ3v) is 3.45. The van der Waals surface area contributed by atoms with Crippen LogP contribution in [-0.4, -0.2) is 0 Å². The molecule has 0 aliphatic heterocycles. The van der Waals surface area contributed by atoms with Crippen molar-refractivity contribution in [3.05, 3.63) is 52.6 Å². The summed E-state index contributed by atoms with van der Waals surface area (Å²) in [6.07, 6.45) is 3.35. The van der Waals surface area contributed by atoms with Crippen LogP contribution >= 0.6 is 24.8 Å². The van der Waals surface area contributed by atoms with Gasteiger partial charge in [0.2, 0.25) is 0 Å². The van der Waals surface area contributed by atoms with Gasteiger partial charge in [0.05, 0.1) is 0 Å². The van der Waals surface area contributed by atoms with E-state index in [0.29, 0.717) is 6.61 Å². The first-order valence-corrected chi connectivity index (χ1v) is 6.11. The van der Waals surface area contributed by atoms with E-state index in [2.05, 4.69) is 44.2 Å². The fourth-order valence-electron chi connectivity index (χ4n) is 2.13. The summed E-state index contributed by atoms with van der Waals surface area (Å²) in [5.41, 5.74) is 6.90. The molecule has 0 bridgehead atoms. The number of benzene rings is 1. The van der Waals surface area contributed by atoms with Gasteiger partial charge in [-0.25, -0.2) is 0 Å². The van der Waals surface area contributed by atoms with Crippen LogP contribution in [0.15, 0.2) is 41.5 Å². The Kier molecular flexibility index (Phi) is 8.17. The van der Waals surface area contributed by atoms with E-state index in [0.717, 1.165) is 6.42 Å². The van der Waals surface area contributed by atoms with Crippen LogP contribution in [0.1, 0.15) is 31.4 Å². The normalized spacial score (nSPS) is 13.7. The van der Waals surface area contributed by atoms with Crippen LogP contribution in [0.4, 0.5) is 0 Å². The SMILES string of the molecule is CC1=CCC(c2ccccc2C[O][Ti])=C1C.Cl.Cl. The van der Waals surface area contributed by atoms with E-state index in [1.54, 1.807) is 20.8 Å². The maximum absolute atomic E-state index is 5.25. The Morgan fingerprint density at radius 3 is 2.39 bits per heavy atom. The van der Waals surface area contributed by atoms with Gasteiger partial charge in [0.15, 0.2) is 0 Å². The Labute approximate surface area is 133 Å². The molecular formula is C14H17Cl2OTi. The third kappa shape index (κ3) is 3.72. The summed E-state index contributed by atoms with van der Waals surface area (Å²) in [5, 5.41) is 0. The molecule has 0 radical (unpaired) electrons. The van der Waals surface area contributed by atoms with Crippen molar-refractivity contribution < 1.29 is 24.1 Å². The van der Waals surface area contributed by atoms with Gasteiger partial charge < -0.3 is 0 Å². The van der Waals surface area contributed by atoms with E-state index in [-0.39, 0.29) is 24.8 Å². The summed E-state index contributed by atoms with van der Waals surface area (Å²) in [4.78, 5) is 0. The van der Waals surface area contributed by atoms with E-state index in [1.165, 1.54) is 27.8 Å². The van der Waals surface area contributed by atoms with E-state index in [9.17, 15) is 0 Å². The van der Waals surface area contributed by atoms with E-state index in [4.69, 9.17) is 3.32 Å². The number of hydrogen-bond acceptors (Lipinski definition) is 1. The van der Waals surface area contributed by atoms with Gasteiger partial charge in [-0.1, -0.05) is 0 Å². The zero-order valence-corrected chi connectivity index (χ0v) is 13.7. The molecular weight excluding hydrogens is 303 g/mol. The molecule has 1 aromatic rings. The molecule has 0 aromatic heterocycles. The molecule has 0 fully saturated rings. The second-order valence-corrected chi connectivity index (χ2v) is 4.59. The molecule has 0 unspecified atom stereocenters. The van der Waals surface area contributed by atoms with Crippen molar-refractivity contribution in [2.45, 2.75) is 26.9 Å². The molecule has 0 saturated carbocycles. The number of hydrogen-bond donors (Lipinski definition) is 0. The fraction of sp³-hybridized carbons (Fsp3) is 0.286. The minimum absolute atomic E-state index is 0. The van der Waals surface area contributed by atoms with Crippen molar-refractivity contribution in [2.75, 3.05) is 0 Å². The van der Waals surface area contributed by atoms with E-state index >= 15 is 0 Å². The fourth-order valence-corrected chi connectivity index (χ4v) is 2.37. The molecule has 1 aliphatic rings. The number of rotatable bonds is 3. The van der Waals surface area contributed by atoms with Crippen molar-refractivity contribution in [1.29, 1.82) is 0 Å². The predicted octanol–water partition coefficient (Wildman–Crippen LogP) is 4.63. The van der Waals surface area contributed by atoms with Crippen LogP contribution in [0.25, 0.3) is 5.57 Å². The summed E-state index contributed by atoms with van der Waals surface area (Å²) in [5.74, 6) is 0. The van der Waals surface area contributed by atoms with Gasteiger partial charge in [0.25, 0.3) is 0 Å². The topological polar surface area (TPSA) is 9.23 Å². The number of allylic oxidation sites excluding steroid dienone is 4. The smallest absolute Gasteiger partial charge is 0.147 e. The van der Waals surface area contributed by atoms with Crippen LogP contribution in [-0.2, 0) is 30.7 Å². The molecule has 4 heteroatoms. The minimum atomic E-state index is 0. The Morgan fingerprint density at radius 1 is 1.17 bits per heavy atom. The van der Waals surface area contributed by atoms with Crippen LogP contribution < -0.4 is 0 Å². The zero-order valence-electron chi connectivity index (χ0n) is 10.5. The molecule has 18 heavy (non-hydrogen) atoms. The van der Waals surface area contributed by atoms with Gasteiger partial charge in [-0.2, -0.15) is 0 Å². The summed E-state index contributed by atoms with van der Waals surface area (Å²) in [7, 11) is 0. The molecule has 0 saturated heterocycles. The zero-order chi connectivity index (χ0) is 11.5. The molecule has 0 heterocycles. The molecule has 97 valence electrons. The predicted molar refractivity (Wildman–Crippen MR) is 76.7 cm³/mol. The van der Waals surface area contributed by atoms with Crippen molar-refractivity contribution in [1.82, 2.24) is 0 Å². The summed E-state index contributed by atoms with van der Waals surface area (Å²) < 4.78 is 5.25. The Morgan fingerprint density at radius 2 is 1.83 bits per heavy atom. The van der Waals surface area contributed by atoms with Crippen molar-refractivity contribution in [3.8, 4) is 0 Å². The maximum Gasteiger partial charge on any atom is -0.147 e. The molecule has 0 amide bonds. The summed E-state index contributed by atoms with van der Waals surface area (Å²) in [6, 6.07) is 8.51. The van der Waals surface area contributed by atoms with Crippen molar-refractivity contribution >= 4 is 30.4 Å². The van der Waals surface area contributed by atoms with Crippen LogP contribution in [0.3, 0.4) is 0 Å². The standard InChI is InChI=1S/C14H15O.2ClH.Ti/c1-10-7-8-13(11(10)2)14-6-4-3-5-12(14)9-15;;;/h3-7H,8-9H2,1-2H3;2*1H;/q-1;;;+1. The molecule has 0 atom stereocenters. The first-order valence-electron chi connectivity index (χ1n) is 5.47. The average Bonchev–Trinajstić information content (AvgIpc) is 2.61. The van der Waals surface area contributed by atoms with Crippen LogP contribution in [0.2, 0.25) is 0 Å². The van der Waals surface area contributed by atoms with Crippen LogP contribution in [0, 0.1) is 0 Å². The van der Waals surface area contributed by atoms with E-state index < -0.39 is 0 Å². The Bertz CT molecular complexity index is 467. The molecule has 1 aromatic carbocycles. The van der Waals surface area contributed by atoms with Gasteiger partial charge in [-0.05, 0) is 0 Å². The van der Waals surface area contributed by atoms with Gasteiger partial charge in [-0.3, -0.25) is 0 Å². The first-order chi connectivity index (χ1) is 7.74. The van der Waals surface area contributed by atoms with Crippen molar-refractivity contribution in [2.24, 2.45) is 0 Å². The van der Waals surface area contributed by atoms with Gasteiger partial charge in [0, 0.05) is 0 Å².